The minimum absolute atomic E-state index is 0.169. The maximum absolute atomic E-state index is 12.6. The van der Waals surface area contributed by atoms with Crippen LogP contribution in [0.3, 0.4) is 0 Å². The van der Waals surface area contributed by atoms with Crippen molar-refractivity contribution in [2.75, 3.05) is 13.1 Å². The van der Waals surface area contributed by atoms with Crippen LogP contribution in [-0.2, 0) is 26.1 Å². The first-order chi connectivity index (χ1) is 17.7. The molecule has 0 aliphatic carbocycles. The van der Waals surface area contributed by atoms with E-state index in [1.807, 2.05) is 37.3 Å². The van der Waals surface area contributed by atoms with Gasteiger partial charge in [-0.15, -0.1) is 10.2 Å². The third-order valence-electron chi connectivity index (χ3n) is 6.36. The molecule has 0 unspecified atom stereocenters. The number of ether oxygens (including phenoxy) is 1. The number of pyridine rings is 1. The SMILES string of the molecule is C[C@@H](NC(=O)c1cccnc1)c1nnc2n1CCN(Cc1cccc(OCc3ccccc3)c1)CC2. The second-order valence-corrected chi connectivity index (χ2v) is 9.01. The highest BCUT2D eigenvalue weighted by molar-refractivity contribution is 5.94. The van der Waals surface area contributed by atoms with Crippen LogP contribution < -0.4 is 10.1 Å². The van der Waals surface area contributed by atoms with E-state index < -0.39 is 0 Å². The topological polar surface area (TPSA) is 85.2 Å². The Morgan fingerprint density at radius 1 is 1.00 bits per heavy atom. The van der Waals surface area contributed by atoms with Crippen molar-refractivity contribution in [2.24, 2.45) is 0 Å². The molecule has 5 rings (SSSR count). The van der Waals surface area contributed by atoms with E-state index in [1.54, 1.807) is 24.5 Å². The van der Waals surface area contributed by atoms with Crippen LogP contribution >= 0.6 is 0 Å². The van der Waals surface area contributed by atoms with Gasteiger partial charge in [0.1, 0.15) is 18.2 Å². The molecule has 184 valence electrons. The van der Waals surface area contributed by atoms with Gasteiger partial charge in [0.15, 0.2) is 5.82 Å². The minimum Gasteiger partial charge on any atom is -0.489 e. The molecule has 2 aromatic heterocycles. The lowest BCUT2D eigenvalue weighted by molar-refractivity contribution is 0.0937. The van der Waals surface area contributed by atoms with Gasteiger partial charge in [0.25, 0.3) is 5.91 Å². The number of nitrogens with zero attached hydrogens (tertiary/aromatic N) is 5. The molecular formula is C28H30N6O2. The van der Waals surface area contributed by atoms with Gasteiger partial charge in [-0.2, -0.15) is 0 Å². The summed E-state index contributed by atoms with van der Waals surface area (Å²) in [6, 6.07) is 21.7. The van der Waals surface area contributed by atoms with Gasteiger partial charge in [0, 0.05) is 45.0 Å². The summed E-state index contributed by atoms with van der Waals surface area (Å²) in [7, 11) is 0. The molecule has 4 aromatic rings. The fraction of sp³-hybridized carbons (Fsp3) is 0.286. The van der Waals surface area contributed by atoms with E-state index in [2.05, 4.69) is 54.2 Å². The molecule has 0 radical (unpaired) electrons. The van der Waals surface area contributed by atoms with E-state index >= 15 is 0 Å². The number of amides is 1. The number of hydrogen-bond donors (Lipinski definition) is 1. The lowest BCUT2D eigenvalue weighted by Crippen LogP contribution is -2.30. The average molecular weight is 483 g/mol. The van der Waals surface area contributed by atoms with Crippen LogP contribution in [0.5, 0.6) is 5.75 Å². The molecule has 0 saturated heterocycles. The Morgan fingerprint density at radius 2 is 1.86 bits per heavy atom. The van der Waals surface area contributed by atoms with Crippen molar-refractivity contribution >= 4 is 5.91 Å². The highest BCUT2D eigenvalue weighted by Crippen LogP contribution is 2.20. The molecule has 1 aliphatic heterocycles. The molecule has 0 fully saturated rings. The highest BCUT2D eigenvalue weighted by atomic mass is 16.5. The van der Waals surface area contributed by atoms with Gasteiger partial charge < -0.3 is 14.6 Å². The van der Waals surface area contributed by atoms with E-state index in [-0.39, 0.29) is 11.9 Å². The lowest BCUT2D eigenvalue weighted by atomic mass is 10.2. The van der Waals surface area contributed by atoms with Gasteiger partial charge in [-0.25, -0.2) is 0 Å². The van der Waals surface area contributed by atoms with Crippen LogP contribution in [0.25, 0.3) is 0 Å². The molecule has 8 heteroatoms. The molecule has 1 N–H and O–H groups in total. The second-order valence-electron chi connectivity index (χ2n) is 9.01. The summed E-state index contributed by atoms with van der Waals surface area (Å²) >= 11 is 0. The van der Waals surface area contributed by atoms with Gasteiger partial charge in [0.05, 0.1) is 11.6 Å². The monoisotopic (exact) mass is 482 g/mol. The molecule has 0 bridgehead atoms. The zero-order valence-electron chi connectivity index (χ0n) is 20.4. The molecule has 0 saturated carbocycles. The van der Waals surface area contributed by atoms with Crippen molar-refractivity contribution in [1.82, 2.24) is 30.0 Å². The maximum atomic E-state index is 12.6. The largest absolute Gasteiger partial charge is 0.489 e. The van der Waals surface area contributed by atoms with Gasteiger partial charge in [0.2, 0.25) is 0 Å². The quantitative estimate of drug-likeness (QED) is 0.411. The Labute approximate surface area is 211 Å². The Balaban J connectivity index is 1.18. The van der Waals surface area contributed by atoms with E-state index in [4.69, 9.17) is 4.74 Å². The third kappa shape index (κ3) is 5.78. The van der Waals surface area contributed by atoms with Crippen molar-refractivity contribution in [2.45, 2.75) is 39.1 Å². The molecule has 1 amide bonds. The lowest BCUT2D eigenvalue weighted by Gasteiger charge is -2.20. The van der Waals surface area contributed by atoms with Crippen LogP contribution in [0.4, 0.5) is 0 Å². The standard InChI is InChI=1S/C28H30N6O2/c1-21(30-28(35)24-10-6-13-29-18-24)27-32-31-26-12-14-33(15-16-34(26)27)19-23-9-5-11-25(17-23)36-20-22-7-3-2-4-8-22/h2-11,13,17-18,21H,12,14-16,19-20H2,1H3,(H,30,35)/t21-/m1/s1. The molecule has 8 nitrogen and oxygen atoms in total. The predicted molar refractivity (Wildman–Crippen MR) is 136 cm³/mol. The molecule has 0 spiro atoms. The normalized spacial score (nSPS) is 14.5. The maximum Gasteiger partial charge on any atom is 0.253 e. The third-order valence-corrected chi connectivity index (χ3v) is 6.36. The van der Waals surface area contributed by atoms with Crippen LogP contribution in [-0.4, -0.2) is 43.6 Å². The zero-order valence-corrected chi connectivity index (χ0v) is 20.4. The van der Waals surface area contributed by atoms with Crippen molar-refractivity contribution in [3.63, 3.8) is 0 Å². The zero-order chi connectivity index (χ0) is 24.7. The van der Waals surface area contributed by atoms with E-state index in [1.165, 1.54) is 5.56 Å². The fourth-order valence-corrected chi connectivity index (χ4v) is 4.44. The Hall–Kier alpha value is -4.04. The Morgan fingerprint density at radius 3 is 2.69 bits per heavy atom. The summed E-state index contributed by atoms with van der Waals surface area (Å²) in [6.45, 7) is 5.87. The van der Waals surface area contributed by atoms with Crippen LogP contribution in [0.2, 0.25) is 0 Å². The number of aromatic nitrogens is 4. The summed E-state index contributed by atoms with van der Waals surface area (Å²) < 4.78 is 8.16. The predicted octanol–water partition coefficient (Wildman–Crippen LogP) is 3.80. The van der Waals surface area contributed by atoms with Gasteiger partial charge >= 0.3 is 0 Å². The van der Waals surface area contributed by atoms with Gasteiger partial charge in [-0.05, 0) is 42.3 Å². The molecule has 1 atom stereocenters. The summed E-state index contributed by atoms with van der Waals surface area (Å²) in [5, 5.41) is 11.8. The highest BCUT2D eigenvalue weighted by Gasteiger charge is 2.23. The second kappa shape index (κ2) is 11.1. The molecule has 36 heavy (non-hydrogen) atoms. The summed E-state index contributed by atoms with van der Waals surface area (Å²) in [5.41, 5.74) is 2.90. The number of carbonyl (C=O) groups excluding carboxylic acids is 1. The summed E-state index contributed by atoms with van der Waals surface area (Å²) in [6.07, 6.45) is 4.02. The summed E-state index contributed by atoms with van der Waals surface area (Å²) in [4.78, 5) is 19.0. The number of rotatable bonds is 8. The first-order valence-corrected chi connectivity index (χ1v) is 12.3. The van der Waals surface area contributed by atoms with Crippen molar-refractivity contribution in [3.05, 3.63) is 107 Å². The number of carbonyl (C=O) groups is 1. The van der Waals surface area contributed by atoms with Crippen molar-refractivity contribution < 1.29 is 9.53 Å². The van der Waals surface area contributed by atoms with E-state index in [0.717, 1.165) is 55.6 Å². The van der Waals surface area contributed by atoms with E-state index in [0.29, 0.717) is 12.2 Å². The molecule has 3 heterocycles. The smallest absolute Gasteiger partial charge is 0.253 e. The minimum atomic E-state index is -0.260. The van der Waals surface area contributed by atoms with Crippen LogP contribution in [0, 0.1) is 0 Å². The number of fused-ring (bicyclic) bond motifs is 1. The Kier molecular flexibility index (Phi) is 7.33. The van der Waals surface area contributed by atoms with E-state index in [9.17, 15) is 4.79 Å². The summed E-state index contributed by atoms with van der Waals surface area (Å²) in [5.74, 6) is 2.44. The van der Waals surface area contributed by atoms with Gasteiger partial charge in [-0.1, -0.05) is 42.5 Å². The van der Waals surface area contributed by atoms with Crippen molar-refractivity contribution in [1.29, 1.82) is 0 Å². The fourth-order valence-electron chi connectivity index (χ4n) is 4.44. The van der Waals surface area contributed by atoms with Crippen LogP contribution in [0.15, 0.2) is 79.1 Å². The first-order valence-electron chi connectivity index (χ1n) is 12.3. The molecule has 2 aromatic carbocycles. The number of nitrogens with one attached hydrogen (secondary N) is 1. The number of hydrogen-bond acceptors (Lipinski definition) is 6. The Bertz CT molecular complexity index is 1290. The number of benzene rings is 2. The van der Waals surface area contributed by atoms with Crippen LogP contribution in [0.1, 0.15) is 46.1 Å². The molecule has 1 aliphatic rings. The first kappa shape index (κ1) is 23.7. The van der Waals surface area contributed by atoms with Gasteiger partial charge in [-0.3, -0.25) is 14.7 Å². The molecular weight excluding hydrogens is 452 g/mol. The average Bonchev–Trinajstić information content (AvgIpc) is 3.23. The van der Waals surface area contributed by atoms with Crippen molar-refractivity contribution in [3.8, 4) is 5.75 Å².